The molecule has 0 aromatic carbocycles. The summed E-state index contributed by atoms with van der Waals surface area (Å²) in [4.78, 5) is 13.7. The van der Waals surface area contributed by atoms with E-state index < -0.39 is 0 Å². The average Bonchev–Trinajstić information content (AvgIpc) is 2.39. The molecule has 1 N–H and O–H groups in total. The van der Waals surface area contributed by atoms with Crippen LogP contribution in [0.2, 0.25) is 0 Å². The SMILES string of the molecule is CCCNc1nc(-c2cc(C)nc(C)c2)nc(C)c1C. The van der Waals surface area contributed by atoms with Crippen LogP contribution in [0.1, 0.15) is 36.0 Å². The molecule has 4 heteroatoms. The van der Waals surface area contributed by atoms with Crippen molar-refractivity contribution in [3.8, 4) is 11.4 Å². The number of hydrogen-bond acceptors (Lipinski definition) is 4. The second-order valence-electron chi connectivity index (χ2n) is 5.17. The molecule has 0 fully saturated rings. The standard InChI is InChI=1S/C16H22N4/c1-6-7-17-15-12(4)13(5)19-16(20-15)14-8-10(2)18-11(3)9-14/h8-9H,6-7H2,1-5H3,(H,17,19,20). The molecule has 0 spiro atoms. The van der Waals surface area contributed by atoms with Crippen molar-refractivity contribution in [2.24, 2.45) is 0 Å². The zero-order chi connectivity index (χ0) is 14.7. The molecule has 20 heavy (non-hydrogen) atoms. The average molecular weight is 270 g/mol. The smallest absolute Gasteiger partial charge is 0.161 e. The number of anilines is 1. The highest BCUT2D eigenvalue weighted by Gasteiger charge is 2.10. The molecule has 0 bridgehead atoms. The second-order valence-corrected chi connectivity index (χ2v) is 5.17. The summed E-state index contributed by atoms with van der Waals surface area (Å²) in [6, 6.07) is 4.06. The fourth-order valence-corrected chi connectivity index (χ4v) is 2.14. The summed E-state index contributed by atoms with van der Waals surface area (Å²) in [5, 5.41) is 3.38. The van der Waals surface area contributed by atoms with Crippen molar-refractivity contribution in [1.82, 2.24) is 15.0 Å². The molecule has 2 aromatic rings. The van der Waals surface area contributed by atoms with Gasteiger partial charge in [0.2, 0.25) is 0 Å². The summed E-state index contributed by atoms with van der Waals surface area (Å²) >= 11 is 0. The Kier molecular flexibility index (Phi) is 4.32. The normalized spacial score (nSPS) is 10.7. The van der Waals surface area contributed by atoms with E-state index >= 15 is 0 Å². The van der Waals surface area contributed by atoms with Crippen molar-refractivity contribution >= 4 is 5.82 Å². The molecule has 0 saturated heterocycles. The minimum atomic E-state index is 0.764. The first-order valence-corrected chi connectivity index (χ1v) is 7.06. The highest BCUT2D eigenvalue weighted by atomic mass is 15.0. The van der Waals surface area contributed by atoms with Gasteiger partial charge in [0, 0.05) is 34.8 Å². The van der Waals surface area contributed by atoms with Crippen molar-refractivity contribution in [1.29, 1.82) is 0 Å². The molecule has 0 saturated carbocycles. The Morgan fingerprint density at radius 3 is 2.20 bits per heavy atom. The van der Waals surface area contributed by atoms with Gasteiger partial charge in [-0.1, -0.05) is 6.92 Å². The van der Waals surface area contributed by atoms with Gasteiger partial charge in [-0.3, -0.25) is 4.98 Å². The van der Waals surface area contributed by atoms with Gasteiger partial charge < -0.3 is 5.32 Å². The van der Waals surface area contributed by atoms with E-state index in [1.54, 1.807) is 0 Å². The minimum absolute atomic E-state index is 0.764. The van der Waals surface area contributed by atoms with Gasteiger partial charge in [0.05, 0.1) is 0 Å². The number of nitrogens with one attached hydrogen (secondary N) is 1. The van der Waals surface area contributed by atoms with Gasteiger partial charge in [-0.25, -0.2) is 9.97 Å². The number of aryl methyl sites for hydroxylation is 3. The fraction of sp³-hybridized carbons (Fsp3) is 0.438. The van der Waals surface area contributed by atoms with Crippen LogP contribution < -0.4 is 5.32 Å². The summed E-state index contributed by atoms with van der Waals surface area (Å²) in [6.07, 6.45) is 1.07. The number of rotatable bonds is 4. The van der Waals surface area contributed by atoms with Crippen molar-refractivity contribution in [3.63, 3.8) is 0 Å². The van der Waals surface area contributed by atoms with Gasteiger partial charge >= 0.3 is 0 Å². The molecule has 0 aliphatic carbocycles. The van der Waals surface area contributed by atoms with Crippen LogP contribution in [-0.4, -0.2) is 21.5 Å². The maximum absolute atomic E-state index is 4.67. The molecule has 0 amide bonds. The van der Waals surface area contributed by atoms with Crippen LogP contribution in [0.5, 0.6) is 0 Å². The zero-order valence-corrected chi connectivity index (χ0v) is 12.9. The molecule has 2 aromatic heterocycles. The van der Waals surface area contributed by atoms with Gasteiger partial charge in [-0.15, -0.1) is 0 Å². The van der Waals surface area contributed by atoms with Crippen LogP contribution in [0.15, 0.2) is 12.1 Å². The number of pyridine rings is 1. The molecule has 0 aliphatic heterocycles. The molecule has 0 unspecified atom stereocenters. The summed E-state index contributed by atoms with van der Waals surface area (Å²) in [6.45, 7) is 11.1. The van der Waals surface area contributed by atoms with Crippen molar-refractivity contribution < 1.29 is 0 Å². The highest BCUT2D eigenvalue weighted by molar-refractivity contribution is 5.60. The Balaban J connectivity index is 2.48. The first kappa shape index (κ1) is 14.4. The largest absolute Gasteiger partial charge is 0.370 e. The summed E-state index contributed by atoms with van der Waals surface area (Å²) in [5.74, 6) is 1.70. The lowest BCUT2D eigenvalue weighted by molar-refractivity contribution is 0.954. The summed E-state index contributed by atoms with van der Waals surface area (Å²) in [5.41, 5.74) is 5.14. The fourth-order valence-electron chi connectivity index (χ4n) is 2.14. The zero-order valence-electron chi connectivity index (χ0n) is 12.9. The van der Waals surface area contributed by atoms with Gasteiger partial charge in [0.1, 0.15) is 5.82 Å². The minimum Gasteiger partial charge on any atom is -0.370 e. The number of hydrogen-bond donors (Lipinski definition) is 1. The first-order chi connectivity index (χ1) is 9.51. The van der Waals surface area contributed by atoms with Crippen LogP contribution in [0.25, 0.3) is 11.4 Å². The third-order valence-corrected chi connectivity index (χ3v) is 3.27. The maximum Gasteiger partial charge on any atom is 0.161 e. The van der Waals surface area contributed by atoms with Crippen molar-refractivity contribution in [2.75, 3.05) is 11.9 Å². The van der Waals surface area contributed by atoms with Gasteiger partial charge in [-0.2, -0.15) is 0 Å². The molecular weight excluding hydrogens is 248 g/mol. The van der Waals surface area contributed by atoms with Gasteiger partial charge in [0.15, 0.2) is 5.82 Å². The quantitative estimate of drug-likeness (QED) is 0.922. The van der Waals surface area contributed by atoms with E-state index in [1.807, 2.05) is 32.9 Å². The molecule has 0 atom stereocenters. The summed E-state index contributed by atoms with van der Waals surface area (Å²) < 4.78 is 0. The monoisotopic (exact) mass is 270 g/mol. The Morgan fingerprint density at radius 2 is 1.60 bits per heavy atom. The van der Waals surface area contributed by atoms with Crippen LogP contribution in [0, 0.1) is 27.7 Å². The molecule has 2 heterocycles. The predicted molar refractivity (Wildman–Crippen MR) is 83.0 cm³/mol. The van der Waals surface area contributed by atoms with E-state index in [4.69, 9.17) is 0 Å². The van der Waals surface area contributed by atoms with E-state index in [0.717, 1.165) is 52.8 Å². The third-order valence-electron chi connectivity index (χ3n) is 3.27. The predicted octanol–water partition coefficient (Wildman–Crippen LogP) is 3.59. The third kappa shape index (κ3) is 3.13. The van der Waals surface area contributed by atoms with E-state index in [1.165, 1.54) is 0 Å². The van der Waals surface area contributed by atoms with Crippen LogP contribution in [0.3, 0.4) is 0 Å². The number of aromatic nitrogens is 3. The lowest BCUT2D eigenvalue weighted by Crippen LogP contribution is -2.07. The first-order valence-electron chi connectivity index (χ1n) is 7.06. The Morgan fingerprint density at radius 1 is 0.950 bits per heavy atom. The molecule has 0 aliphatic rings. The van der Waals surface area contributed by atoms with E-state index in [9.17, 15) is 0 Å². The molecular formula is C16H22N4. The van der Waals surface area contributed by atoms with Crippen LogP contribution >= 0.6 is 0 Å². The second kappa shape index (κ2) is 5.99. The lowest BCUT2D eigenvalue weighted by Gasteiger charge is -2.12. The molecule has 106 valence electrons. The maximum atomic E-state index is 4.67. The number of nitrogens with zero attached hydrogens (tertiary/aromatic N) is 3. The van der Waals surface area contributed by atoms with Crippen LogP contribution in [-0.2, 0) is 0 Å². The molecule has 2 rings (SSSR count). The van der Waals surface area contributed by atoms with E-state index in [-0.39, 0.29) is 0 Å². The molecule has 0 radical (unpaired) electrons. The highest BCUT2D eigenvalue weighted by Crippen LogP contribution is 2.22. The van der Waals surface area contributed by atoms with E-state index in [0.29, 0.717) is 0 Å². The summed E-state index contributed by atoms with van der Waals surface area (Å²) in [7, 11) is 0. The van der Waals surface area contributed by atoms with Gasteiger partial charge in [-0.05, 0) is 46.2 Å². The Labute approximate surface area is 120 Å². The topological polar surface area (TPSA) is 50.7 Å². The lowest BCUT2D eigenvalue weighted by atomic mass is 10.1. The Bertz CT molecular complexity index is 600. The Hall–Kier alpha value is -1.97. The van der Waals surface area contributed by atoms with E-state index in [2.05, 4.69) is 34.1 Å². The van der Waals surface area contributed by atoms with Crippen molar-refractivity contribution in [2.45, 2.75) is 41.0 Å². The van der Waals surface area contributed by atoms with Gasteiger partial charge in [0.25, 0.3) is 0 Å². The molecule has 4 nitrogen and oxygen atoms in total. The van der Waals surface area contributed by atoms with Crippen molar-refractivity contribution in [3.05, 3.63) is 34.8 Å². The van der Waals surface area contributed by atoms with Crippen LogP contribution in [0.4, 0.5) is 5.82 Å².